The van der Waals surface area contributed by atoms with Crippen molar-refractivity contribution < 1.29 is 19.1 Å². The van der Waals surface area contributed by atoms with Crippen LogP contribution in [0.4, 0.5) is 5.13 Å². The Bertz CT molecular complexity index is 651. The molecule has 7 heteroatoms. The van der Waals surface area contributed by atoms with Crippen LogP contribution in [0.1, 0.15) is 47.6 Å². The average Bonchev–Trinajstić information content (AvgIpc) is 2.95. The first-order valence-corrected chi connectivity index (χ1v) is 6.76. The molecule has 0 spiro atoms. The van der Waals surface area contributed by atoms with E-state index >= 15 is 0 Å². The number of carboxylic acid groups (broad SMARTS) is 1. The largest absolute Gasteiger partial charge is 0.475 e. The van der Waals surface area contributed by atoms with Crippen molar-refractivity contribution in [1.82, 2.24) is 4.98 Å². The second-order valence-corrected chi connectivity index (χ2v) is 6.07. The summed E-state index contributed by atoms with van der Waals surface area (Å²) >= 11 is 1.31. The second-order valence-electron chi connectivity index (χ2n) is 5.21. The van der Waals surface area contributed by atoms with Crippen molar-refractivity contribution in [3.05, 3.63) is 34.7 Å². The summed E-state index contributed by atoms with van der Waals surface area (Å²) in [5, 5.41) is 13.6. The van der Waals surface area contributed by atoms with Crippen LogP contribution in [-0.2, 0) is 5.41 Å². The minimum atomic E-state index is -1.21. The topological polar surface area (TPSA) is 92.4 Å². The molecule has 2 aromatic heterocycles. The number of hydrogen-bond donors (Lipinski definition) is 2. The van der Waals surface area contributed by atoms with Crippen LogP contribution in [0.5, 0.6) is 0 Å². The summed E-state index contributed by atoms with van der Waals surface area (Å²) < 4.78 is 4.92. The summed E-state index contributed by atoms with van der Waals surface area (Å²) in [6, 6.07) is 2.55. The van der Waals surface area contributed by atoms with Gasteiger partial charge in [0.2, 0.25) is 5.76 Å². The quantitative estimate of drug-likeness (QED) is 0.907. The standard InChI is InChI=1S/C13H14N2O4S/c1-13(2,3)9-6-20-12(14-9)15-10(16)7-4-5-8(19-7)11(17)18/h4-6H,1-3H3,(H,17,18)(H,14,15,16). The average molecular weight is 294 g/mol. The van der Waals surface area contributed by atoms with Crippen LogP contribution >= 0.6 is 11.3 Å². The number of amides is 1. The highest BCUT2D eigenvalue weighted by Crippen LogP contribution is 2.26. The Balaban J connectivity index is 2.11. The normalized spacial score (nSPS) is 11.3. The molecular weight excluding hydrogens is 280 g/mol. The third-order valence-corrected chi connectivity index (χ3v) is 3.29. The number of carbonyl (C=O) groups excluding carboxylic acids is 1. The smallest absolute Gasteiger partial charge is 0.371 e. The lowest BCUT2D eigenvalue weighted by atomic mass is 9.93. The number of anilines is 1. The minimum absolute atomic E-state index is 0.0603. The van der Waals surface area contributed by atoms with Crippen LogP contribution in [0.2, 0.25) is 0 Å². The van der Waals surface area contributed by atoms with Crippen molar-refractivity contribution in [3.8, 4) is 0 Å². The van der Waals surface area contributed by atoms with E-state index in [1.807, 2.05) is 26.2 Å². The summed E-state index contributed by atoms with van der Waals surface area (Å²) in [6.07, 6.45) is 0. The Hall–Kier alpha value is -2.15. The number of nitrogens with one attached hydrogen (secondary N) is 1. The molecule has 2 heterocycles. The van der Waals surface area contributed by atoms with Crippen LogP contribution in [0.3, 0.4) is 0 Å². The van der Waals surface area contributed by atoms with Gasteiger partial charge in [0, 0.05) is 10.8 Å². The Morgan fingerprint density at radius 1 is 1.30 bits per heavy atom. The Labute approximate surface area is 119 Å². The highest BCUT2D eigenvalue weighted by molar-refractivity contribution is 7.14. The van der Waals surface area contributed by atoms with Crippen molar-refractivity contribution in [3.63, 3.8) is 0 Å². The lowest BCUT2D eigenvalue weighted by Crippen LogP contribution is -2.13. The predicted molar refractivity (Wildman–Crippen MR) is 74.4 cm³/mol. The summed E-state index contributed by atoms with van der Waals surface area (Å²) in [7, 11) is 0. The van der Waals surface area contributed by atoms with Gasteiger partial charge in [0.15, 0.2) is 10.9 Å². The molecule has 1 amide bonds. The first-order valence-electron chi connectivity index (χ1n) is 5.88. The summed E-state index contributed by atoms with van der Waals surface area (Å²) in [4.78, 5) is 26.9. The molecule has 0 fully saturated rings. The summed E-state index contributed by atoms with van der Waals surface area (Å²) in [5.41, 5.74) is 0.782. The van der Waals surface area contributed by atoms with Gasteiger partial charge in [-0.2, -0.15) is 0 Å². The molecule has 20 heavy (non-hydrogen) atoms. The molecule has 0 aliphatic rings. The van der Waals surface area contributed by atoms with Crippen LogP contribution in [0.15, 0.2) is 21.9 Å². The number of carboxylic acids is 1. The summed E-state index contributed by atoms with van der Waals surface area (Å²) in [5.74, 6) is -2.07. The molecule has 0 aliphatic carbocycles. The Morgan fingerprint density at radius 3 is 2.45 bits per heavy atom. The predicted octanol–water partition coefficient (Wildman–Crippen LogP) is 2.98. The van der Waals surface area contributed by atoms with Crippen LogP contribution in [0.25, 0.3) is 0 Å². The maximum absolute atomic E-state index is 11.9. The number of nitrogens with zero attached hydrogens (tertiary/aromatic N) is 1. The fourth-order valence-electron chi connectivity index (χ4n) is 1.41. The molecule has 0 saturated heterocycles. The van der Waals surface area contributed by atoms with Crippen molar-refractivity contribution in [2.24, 2.45) is 0 Å². The molecular formula is C13H14N2O4S. The molecule has 0 atom stereocenters. The molecule has 0 unspecified atom stereocenters. The molecule has 106 valence electrons. The molecule has 0 radical (unpaired) electrons. The lowest BCUT2D eigenvalue weighted by molar-refractivity contribution is 0.0660. The monoisotopic (exact) mass is 294 g/mol. The zero-order valence-electron chi connectivity index (χ0n) is 11.3. The van der Waals surface area contributed by atoms with E-state index in [2.05, 4.69) is 10.3 Å². The summed E-state index contributed by atoms with van der Waals surface area (Å²) in [6.45, 7) is 6.08. The SMILES string of the molecule is CC(C)(C)c1csc(NC(=O)c2ccc(C(=O)O)o2)n1. The minimum Gasteiger partial charge on any atom is -0.475 e. The van der Waals surface area contributed by atoms with E-state index < -0.39 is 11.9 Å². The van der Waals surface area contributed by atoms with Gasteiger partial charge >= 0.3 is 5.97 Å². The van der Waals surface area contributed by atoms with Crippen LogP contribution < -0.4 is 5.32 Å². The molecule has 0 aliphatic heterocycles. The van der Waals surface area contributed by atoms with Gasteiger partial charge < -0.3 is 9.52 Å². The molecule has 0 aromatic carbocycles. The number of hydrogen-bond acceptors (Lipinski definition) is 5. The molecule has 0 saturated carbocycles. The second kappa shape index (κ2) is 5.09. The van der Waals surface area contributed by atoms with Gasteiger partial charge in [0.25, 0.3) is 5.91 Å². The molecule has 2 N–H and O–H groups in total. The van der Waals surface area contributed by atoms with E-state index in [0.29, 0.717) is 5.13 Å². The van der Waals surface area contributed by atoms with Gasteiger partial charge in [0.05, 0.1) is 5.69 Å². The van der Waals surface area contributed by atoms with E-state index in [4.69, 9.17) is 9.52 Å². The van der Waals surface area contributed by atoms with E-state index in [9.17, 15) is 9.59 Å². The van der Waals surface area contributed by atoms with Crippen molar-refractivity contribution >= 4 is 28.3 Å². The number of carbonyl (C=O) groups is 2. The van der Waals surface area contributed by atoms with Gasteiger partial charge in [-0.1, -0.05) is 20.8 Å². The molecule has 0 bridgehead atoms. The van der Waals surface area contributed by atoms with E-state index in [1.54, 1.807) is 0 Å². The van der Waals surface area contributed by atoms with E-state index in [0.717, 1.165) is 5.69 Å². The number of thiazole rings is 1. The number of aromatic nitrogens is 1. The fraction of sp³-hybridized carbons (Fsp3) is 0.308. The third kappa shape index (κ3) is 3.05. The van der Waals surface area contributed by atoms with Crippen molar-refractivity contribution in [2.75, 3.05) is 5.32 Å². The van der Waals surface area contributed by atoms with Gasteiger partial charge in [-0.25, -0.2) is 9.78 Å². The Kier molecular flexibility index (Phi) is 3.63. The van der Waals surface area contributed by atoms with Gasteiger partial charge in [-0.05, 0) is 12.1 Å². The van der Waals surface area contributed by atoms with Gasteiger partial charge in [-0.3, -0.25) is 10.1 Å². The fourth-order valence-corrected chi connectivity index (χ4v) is 2.34. The maximum atomic E-state index is 11.9. The molecule has 2 aromatic rings. The lowest BCUT2D eigenvalue weighted by Gasteiger charge is -2.14. The van der Waals surface area contributed by atoms with Gasteiger partial charge in [0.1, 0.15) is 0 Å². The van der Waals surface area contributed by atoms with Crippen LogP contribution in [-0.4, -0.2) is 22.0 Å². The van der Waals surface area contributed by atoms with Crippen molar-refractivity contribution in [2.45, 2.75) is 26.2 Å². The number of rotatable bonds is 3. The zero-order chi connectivity index (χ0) is 14.9. The Morgan fingerprint density at radius 2 is 1.95 bits per heavy atom. The number of furan rings is 1. The van der Waals surface area contributed by atoms with Crippen LogP contribution in [0, 0.1) is 0 Å². The van der Waals surface area contributed by atoms with Gasteiger partial charge in [-0.15, -0.1) is 11.3 Å². The number of aromatic carboxylic acids is 1. The first kappa shape index (κ1) is 14.3. The highest BCUT2D eigenvalue weighted by Gasteiger charge is 2.20. The zero-order valence-corrected chi connectivity index (χ0v) is 12.1. The molecule has 2 rings (SSSR count). The van der Waals surface area contributed by atoms with E-state index in [-0.39, 0.29) is 16.9 Å². The maximum Gasteiger partial charge on any atom is 0.371 e. The third-order valence-electron chi connectivity index (χ3n) is 2.53. The highest BCUT2D eigenvalue weighted by atomic mass is 32.1. The molecule has 6 nitrogen and oxygen atoms in total. The first-order chi connectivity index (χ1) is 9.27. The van der Waals surface area contributed by atoms with E-state index in [1.165, 1.54) is 23.5 Å². The van der Waals surface area contributed by atoms with Crippen molar-refractivity contribution in [1.29, 1.82) is 0 Å².